The van der Waals surface area contributed by atoms with E-state index in [2.05, 4.69) is 10.3 Å². The Hall–Kier alpha value is -2.14. The Kier molecular flexibility index (Phi) is 5.11. The molecule has 0 bridgehead atoms. The molecule has 0 saturated heterocycles. The predicted molar refractivity (Wildman–Crippen MR) is 79.0 cm³/mol. The first-order valence-corrected chi connectivity index (χ1v) is 6.96. The van der Waals surface area contributed by atoms with Crippen molar-refractivity contribution >= 4 is 5.91 Å². The van der Waals surface area contributed by atoms with E-state index < -0.39 is 0 Å². The van der Waals surface area contributed by atoms with Gasteiger partial charge in [-0.25, -0.2) is 0 Å². The lowest BCUT2D eigenvalue weighted by molar-refractivity contribution is 0.0938. The highest BCUT2D eigenvalue weighted by Crippen LogP contribution is 2.13. The zero-order chi connectivity index (χ0) is 15.2. The standard InChI is InChI=1S/C16H20N2O3/c1-11-7-15(12(2)21-11)16(20)18-9-13(10-19)8-14-5-3-4-6-17-14/h3-7,13,19H,8-10H2,1-2H3,(H,18,20). The number of aliphatic hydroxyl groups is 1. The van der Waals surface area contributed by atoms with E-state index in [1.54, 1.807) is 26.1 Å². The fourth-order valence-corrected chi connectivity index (χ4v) is 2.20. The van der Waals surface area contributed by atoms with Gasteiger partial charge in [-0.1, -0.05) is 6.07 Å². The predicted octanol–water partition coefficient (Wildman–Crippen LogP) is 1.87. The Morgan fingerprint density at radius 1 is 1.43 bits per heavy atom. The van der Waals surface area contributed by atoms with Crippen LogP contribution >= 0.6 is 0 Å². The molecule has 1 amide bonds. The third-order valence-corrected chi connectivity index (χ3v) is 3.32. The minimum Gasteiger partial charge on any atom is -0.466 e. The number of pyridine rings is 1. The number of hydrogen-bond donors (Lipinski definition) is 2. The topological polar surface area (TPSA) is 75.4 Å². The SMILES string of the molecule is Cc1cc(C(=O)NCC(CO)Cc2ccccn2)c(C)o1. The van der Waals surface area contributed by atoms with E-state index in [0.29, 0.717) is 30.0 Å². The van der Waals surface area contributed by atoms with Crippen molar-refractivity contribution in [2.75, 3.05) is 13.2 Å². The number of furan rings is 1. The number of rotatable bonds is 6. The lowest BCUT2D eigenvalue weighted by Gasteiger charge is -2.14. The first kappa shape index (κ1) is 15.3. The average molecular weight is 288 g/mol. The summed E-state index contributed by atoms with van der Waals surface area (Å²) in [6, 6.07) is 7.39. The molecule has 2 aromatic heterocycles. The summed E-state index contributed by atoms with van der Waals surface area (Å²) in [5, 5.41) is 12.3. The van der Waals surface area contributed by atoms with Crippen LogP contribution in [0.2, 0.25) is 0 Å². The summed E-state index contributed by atoms with van der Waals surface area (Å²) in [4.78, 5) is 16.3. The summed E-state index contributed by atoms with van der Waals surface area (Å²) in [5.41, 5.74) is 1.45. The first-order valence-electron chi connectivity index (χ1n) is 6.96. The normalized spacial score (nSPS) is 12.1. The van der Waals surface area contributed by atoms with Gasteiger partial charge in [0.05, 0.1) is 5.56 Å². The maximum absolute atomic E-state index is 12.1. The summed E-state index contributed by atoms with van der Waals surface area (Å²) < 4.78 is 5.34. The van der Waals surface area contributed by atoms with Crippen LogP contribution in [-0.2, 0) is 6.42 Å². The van der Waals surface area contributed by atoms with E-state index in [4.69, 9.17) is 4.42 Å². The third kappa shape index (κ3) is 4.16. The lowest BCUT2D eigenvalue weighted by Crippen LogP contribution is -2.32. The van der Waals surface area contributed by atoms with Crippen molar-refractivity contribution in [2.45, 2.75) is 20.3 Å². The quantitative estimate of drug-likeness (QED) is 0.851. The number of amides is 1. The molecule has 2 N–H and O–H groups in total. The molecule has 0 spiro atoms. The van der Waals surface area contributed by atoms with Crippen LogP contribution in [0.4, 0.5) is 0 Å². The molecule has 0 saturated carbocycles. The second kappa shape index (κ2) is 7.04. The van der Waals surface area contributed by atoms with E-state index in [9.17, 15) is 9.90 Å². The largest absolute Gasteiger partial charge is 0.466 e. The van der Waals surface area contributed by atoms with E-state index in [-0.39, 0.29) is 18.4 Å². The van der Waals surface area contributed by atoms with Gasteiger partial charge in [-0.2, -0.15) is 0 Å². The molecule has 112 valence electrons. The van der Waals surface area contributed by atoms with E-state index >= 15 is 0 Å². The number of hydrogen-bond acceptors (Lipinski definition) is 4. The summed E-state index contributed by atoms with van der Waals surface area (Å²) in [6.07, 6.45) is 2.35. The van der Waals surface area contributed by atoms with Crippen molar-refractivity contribution < 1.29 is 14.3 Å². The van der Waals surface area contributed by atoms with Gasteiger partial charge in [0.15, 0.2) is 0 Å². The number of carbonyl (C=O) groups is 1. The third-order valence-electron chi connectivity index (χ3n) is 3.32. The van der Waals surface area contributed by atoms with Gasteiger partial charge in [0.25, 0.3) is 5.91 Å². The van der Waals surface area contributed by atoms with Crippen LogP contribution < -0.4 is 5.32 Å². The van der Waals surface area contributed by atoms with Crippen LogP contribution in [0.3, 0.4) is 0 Å². The van der Waals surface area contributed by atoms with Gasteiger partial charge in [0, 0.05) is 31.0 Å². The van der Waals surface area contributed by atoms with Crippen LogP contribution in [0.25, 0.3) is 0 Å². The number of carbonyl (C=O) groups excluding carboxylic acids is 1. The van der Waals surface area contributed by atoms with Crippen molar-refractivity contribution in [1.29, 1.82) is 0 Å². The van der Waals surface area contributed by atoms with Gasteiger partial charge in [0.1, 0.15) is 11.5 Å². The zero-order valence-electron chi connectivity index (χ0n) is 12.3. The molecule has 0 aliphatic heterocycles. The lowest BCUT2D eigenvalue weighted by atomic mass is 10.0. The molecule has 1 unspecified atom stereocenters. The molecule has 0 radical (unpaired) electrons. The molecule has 0 aliphatic carbocycles. The summed E-state index contributed by atoms with van der Waals surface area (Å²) in [7, 11) is 0. The maximum Gasteiger partial charge on any atom is 0.254 e. The van der Waals surface area contributed by atoms with Crippen molar-refractivity contribution in [3.8, 4) is 0 Å². The average Bonchev–Trinajstić information content (AvgIpc) is 2.83. The molecule has 2 heterocycles. The number of aliphatic hydroxyl groups excluding tert-OH is 1. The molecule has 1 atom stereocenters. The Labute approximate surface area is 124 Å². The van der Waals surface area contributed by atoms with Gasteiger partial charge in [0.2, 0.25) is 0 Å². The van der Waals surface area contributed by atoms with E-state index in [1.807, 2.05) is 18.2 Å². The van der Waals surface area contributed by atoms with Crippen LogP contribution in [0, 0.1) is 19.8 Å². The van der Waals surface area contributed by atoms with E-state index in [1.165, 1.54) is 0 Å². The molecule has 21 heavy (non-hydrogen) atoms. The van der Waals surface area contributed by atoms with Gasteiger partial charge in [-0.3, -0.25) is 9.78 Å². The highest BCUT2D eigenvalue weighted by molar-refractivity contribution is 5.95. The van der Waals surface area contributed by atoms with Crippen molar-refractivity contribution in [3.63, 3.8) is 0 Å². The fraction of sp³-hybridized carbons (Fsp3) is 0.375. The number of aromatic nitrogens is 1. The Morgan fingerprint density at radius 3 is 2.81 bits per heavy atom. The molecule has 5 heteroatoms. The van der Waals surface area contributed by atoms with Gasteiger partial charge >= 0.3 is 0 Å². The molecular formula is C16H20N2O3. The fourth-order valence-electron chi connectivity index (χ4n) is 2.20. The van der Waals surface area contributed by atoms with Crippen LogP contribution in [0.1, 0.15) is 27.6 Å². The van der Waals surface area contributed by atoms with Crippen LogP contribution in [0.5, 0.6) is 0 Å². The first-order chi connectivity index (χ1) is 10.1. The van der Waals surface area contributed by atoms with Gasteiger partial charge < -0.3 is 14.8 Å². The minimum absolute atomic E-state index is 0.000249. The summed E-state index contributed by atoms with van der Waals surface area (Å²) in [5.74, 6) is 1.08. The highest BCUT2D eigenvalue weighted by atomic mass is 16.3. The second-order valence-corrected chi connectivity index (χ2v) is 5.11. The monoisotopic (exact) mass is 288 g/mol. The highest BCUT2D eigenvalue weighted by Gasteiger charge is 2.16. The molecule has 2 aromatic rings. The van der Waals surface area contributed by atoms with Crippen LogP contribution in [-0.4, -0.2) is 29.1 Å². The minimum atomic E-state index is -0.177. The van der Waals surface area contributed by atoms with Gasteiger partial charge in [-0.05, 0) is 38.5 Å². The van der Waals surface area contributed by atoms with Crippen LogP contribution in [0.15, 0.2) is 34.9 Å². The molecule has 0 fully saturated rings. The molecular weight excluding hydrogens is 268 g/mol. The smallest absolute Gasteiger partial charge is 0.254 e. The van der Waals surface area contributed by atoms with Gasteiger partial charge in [-0.15, -0.1) is 0 Å². The van der Waals surface area contributed by atoms with Crippen molar-refractivity contribution in [1.82, 2.24) is 10.3 Å². The summed E-state index contributed by atoms with van der Waals surface area (Å²) >= 11 is 0. The Balaban J connectivity index is 1.91. The molecule has 2 rings (SSSR count). The maximum atomic E-state index is 12.1. The number of nitrogens with zero attached hydrogens (tertiary/aromatic N) is 1. The summed E-state index contributed by atoms with van der Waals surface area (Å²) in [6.45, 7) is 3.97. The van der Waals surface area contributed by atoms with Crippen molar-refractivity contribution in [3.05, 3.63) is 53.2 Å². The van der Waals surface area contributed by atoms with Crippen molar-refractivity contribution in [2.24, 2.45) is 5.92 Å². The number of nitrogens with one attached hydrogen (secondary N) is 1. The zero-order valence-corrected chi connectivity index (χ0v) is 12.3. The number of aryl methyl sites for hydroxylation is 2. The van der Waals surface area contributed by atoms with E-state index in [0.717, 1.165) is 5.69 Å². The second-order valence-electron chi connectivity index (χ2n) is 5.11. The molecule has 5 nitrogen and oxygen atoms in total. The Bertz CT molecular complexity index is 593. The molecule has 0 aromatic carbocycles. The molecule has 0 aliphatic rings. The Morgan fingerprint density at radius 2 is 2.24 bits per heavy atom.